The number of hydrogen-bond acceptors (Lipinski definition) is 6. The van der Waals surface area contributed by atoms with E-state index in [1.54, 1.807) is 37.6 Å². The molecule has 0 N–H and O–H groups in total. The lowest BCUT2D eigenvalue weighted by Gasteiger charge is -2.36. The number of pyridine rings is 1. The summed E-state index contributed by atoms with van der Waals surface area (Å²) in [6.45, 7) is 3.61. The lowest BCUT2D eigenvalue weighted by Crippen LogP contribution is -2.49. The predicted octanol–water partition coefficient (Wildman–Crippen LogP) is 5.74. The molecule has 0 unspecified atom stereocenters. The Kier molecular flexibility index (Phi) is 7.88. The average Bonchev–Trinajstić information content (AvgIpc) is 3.43. The summed E-state index contributed by atoms with van der Waals surface area (Å²) in [5.41, 5.74) is 6.69. The van der Waals surface area contributed by atoms with Crippen LogP contribution in [0, 0.1) is 0 Å². The number of rotatable bonds is 6. The van der Waals surface area contributed by atoms with Crippen LogP contribution in [0.2, 0.25) is 0 Å². The molecule has 2 aliphatic heterocycles. The summed E-state index contributed by atoms with van der Waals surface area (Å²) in [6, 6.07) is 29.0. The van der Waals surface area contributed by atoms with Crippen LogP contribution in [0.15, 0.2) is 103 Å². The summed E-state index contributed by atoms with van der Waals surface area (Å²) in [5, 5.41) is 0. The minimum Gasteiger partial charge on any atom is -0.496 e. The number of ether oxygens (including phenoxy) is 2. The first-order valence-electron chi connectivity index (χ1n) is 15.4. The molecule has 0 spiro atoms. The highest BCUT2D eigenvalue weighted by Gasteiger charge is 2.30. The van der Waals surface area contributed by atoms with Gasteiger partial charge in [-0.05, 0) is 60.2 Å². The van der Waals surface area contributed by atoms with Crippen molar-refractivity contribution in [2.24, 2.45) is 0 Å². The smallest absolute Gasteiger partial charge is 0.270 e. The van der Waals surface area contributed by atoms with Crippen molar-refractivity contribution in [1.29, 1.82) is 0 Å². The predicted molar refractivity (Wildman–Crippen MR) is 178 cm³/mol. The highest BCUT2D eigenvalue weighted by Crippen LogP contribution is 2.38. The van der Waals surface area contributed by atoms with E-state index in [0.29, 0.717) is 43.2 Å². The number of carbonyl (C=O) groups is 2. The fourth-order valence-corrected chi connectivity index (χ4v) is 6.48. The molecule has 0 bridgehead atoms. The molecule has 0 aliphatic carbocycles. The van der Waals surface area contributed by atoms with Crippen molar-refractivity contribution in [2.75, 3.05) is 50.2 Å². The van der Waals surface area contributed by atoms with Crippen molar-refractivity contribution < 1.29 is 19.1 Å². The molecule has 9 heteroatoms. The Morgan fingerprint density at radius 3 is 2.20 bits per heavy atom. The molecule has 5 aromatic rings. The Bertz CT molecular complexity index is 1900. The highest BCUT2D eigenvalue weighted by molar-refractivity contribution is 6.07. The van der Waals surface area contributed by atoms with Crippen molar-refractivity contribution in [3.8, 4) is 22.6 Å². The van der Waals surface area contributed by atoms with Gasteiger partial charge in [-0.1, -0.05) is 36.4 Å². The fraction of sp³-hybridized carbons (Fsp3) is 0.216. The highest BCUT2D eigenvalue weighted by atomic mass is 16.5. The Morgan fingerprint density at radius 1 is 0.696 bits per heavy atom. The van der Waals surface area contributed by atoms with E-state index >= 15 is 0 Å². The summed E-state index contributed by atoms with van der Waals surface area (Å²) >= 11 is 0. The quantitative estimate of drug-likeness (QED) is 0.243. The van der Waals surface area contributed by atoms with Gasteiger partial charge in [0.2, 0.25) is 0 Å². The fourth-order valence-electron chi connectivity index (χ4n) is 6.48. The van der Waals surface area contributed by atoms with Gasteiger partial charge >= 0.3 is 0 Å². The van der Waals surface area contributed by atoms with Gasteiger partial charge in [-0.15, -0.1) is 0 Å². The number of methoxy groups -OCH3 is 2. The van der Waals surface area contributed by atoms with Crippen LogP contribution in [-0.4, -0.2) is 66.7 Å². The Labute approximate surface area is 268 Å². The number of benzene rings is 3. The first-order valence-corrected chi connectivity index (χ1v) is 15.4. The summed E-state index contributed by atoms with van der Waals surface area (Å²) in [5.74, 6) is 1.17. The number of hydrogen-bond donors (Lipinski definition) is 0. The van der Waals surface area contributed by atoms with Crippen molar-refractivity contribution in [3.05, 3.63) is 126 Å². The zero-order chi connectivity index (χ0) is 31.6. The molecular weight excluding hydrogens is 578 g/mol. The van der Waals surface area contributed by atoms with Gasteiger partial charge in [0.1, 0.15) is 17.2 Å². The van der Waals surface area contributed by atoms with Gasteiger partial charge < -0.3 is 28.7 Å². The Hall–Kier alpha value is -5.57. The molecule has 46 heavy (non-hydrogen) atoms. The molecule has 0 radical (unpaired) electrons. The summed E-state index contributed by atoms with van der Waals surface area (Å²) in [6.07, 6.45) is 3.59. The molecule has 2 amide bonds. The molecule has 0 saturated carbocycles. The van der Waals surface area contributed by atoms with Gasteiger partial charge in [-0.25, -0.2) is 0 Å². The molecule has 2 aromatic heterocycles. The van der Waals surface area contributed by atoms with Crippen LogP contribution >= 0.6 is 0 Å². The third-order valence-corrected chi connectivity index (χ3v) is 8.91. The molecule has 0 atom stereocenters. The summed E-state index contributed by atoms with van der Waals surface area (Å²) in [4.78, 5) is 38.2. The molecule has 232 valence electrons. The van der Waals surface area contributed by atoms with E-state index < -0.39 is 0 Å². The van der Waals surface area contributed by atoms with Crippen molar-refractivity contribution >= 4 is 23.2 Å². The van der Waals surface area contributed by atoms with Gasteiger partial charge in [0.15, 0.2) is 0 Å². The van der Waals surface area contributed by atoms with Crippen LogP contribution in [0.25, 0.3) is 11.1 Å². The maximum Gasteiger partial charge on any atom is 0.270 e. The number of anilines is 2. The normalized spacial score (nSPS) is 14.3. The minimum atomic E-state index is -0.146. The first-order chi connectivity index (χ1) is 22.6. The molecule has 1 saturated heterocycles. The van der Waals surface area contributed by atoms with E-state index in [0.717, 1.165) is 52.6 Å². The largest absolute Gasteiger partial charge is 0.496 e. The molecule has 4 heterocycles. The van der Waals surface area contributed by atoms with Crippen LogP contribution < -0.4 is 19.3 Å². The molecule has 9 nitrogen and oxygen atoms in total. The van der Waals surface area contributed by atoms with Crippen LogP contribution in [0.5, 0.6) is 11.5 Å². The zero-order valence-corrected chi connectivity index (χ0v) is 25.9. The van der Waals surface area contributed by atoms with E-state index in [1.807, 2.05) is 89.8 Å². The SMILES string of the molecule is COc1ccccc1-c1ccc(C(=O)N2Cc3ccc(C(=O)N4CCN(c5ccncc5)CC4)n3Cc3ccccc32)cc1OC. The first kappa shape index (κ1) is 29.2. The van der Waals surface area contributed by atoms with Gasteiger partial charge in [-0.3, -0.25) is 14.6 Å². The number of piperazine rings is 1. The van der Waals surface area contributed by atoms with Crippen molar-refractivity contribution in [2.45, 2.75) is 13.1 Å². The standard InChI is InChI=1S/C37H35N5O4/c1-45-34-10-6-4-8-30(34)31-13-11-26(23-35(31)46-2)36(43)42-25-29-12-14-33(41(29)24-27-7-3-5-9-32(27)42)37(44)40-21-19-39(20-22-40)28-15-17-38-18-16-28/h3-18,23H,19-22,24-25H2,1-2H3. The van der Waals surface area contributed by atoms with Gasteiger partial charge in [-0.2, -0.15) is 0 Å². The average molecular weight is 614 g/mol. The van der Waals surface area contributed by atoms with Crippen LogP contribution in [0.4, 0.5) is 11.4 Å². The van der Waals surface area contributed by atoms with E-state index in [4.69, 9.17) is 9.47 Å². The number of aromatic nitrogens is 2. The van der Waals surface area contributed by atoms with Gasteiger partial charge in [0, 0.05) is 72.3 Å². The molecular formula is C37H35N5O4. The molecule has 1 fully saturated rings. The number of nitrogens with zero attached hydrogens (tertiary/aromatic N) is 5. The molecule has 7 rings (SSSR count). The minimum absolute atomic E-state index is 0.00884. The third-order valence-electron chi connectivity index (χ3n) is 8.91. The second kappa shape index (κ2) is 12.4. The van der Waals surface area contributed by atoms with E-state index in [1.165, 1.54) is 0 Å². The monoisotopic (exact) mass is 613 g/mol. The second-order valence-corrected chi connectivity index (χ2v) is 11.4. The Morgan fingerprint density at radius 2 is 1.41 bits per heavy atom. The lowest BCUT2D eigenvalue weighted by molar-refractivity contribution is 0.0736. The number of carbonyl (C=O) groups excluding carboxylic acids is 2. The molecule has 2 aliphatic rings. The third kappa shape index (κ3) is 5.34. The van der Waals surface area contributed by atoms with Crippen molar-refractivity contribution in [3.63, 3.8) is 0 Å². The Balaban J connectivity index is 1.16. The maximum atomic E-state index is 14.3. The lowest BCUT2D eigenvalue weighted by atomic mass is 10.0. The molecule has 3 aromatic carbocycles. The van der Waals surface area contributed by atoms with Gasteiger partial charge in [0.25, 0.3) is 11.8 Å². The topological polar surface area (TPSA) is 80.1 Å². The van der Waals surface area contributed by atoms with Crippen LogP contribution in [0.3, 0.4) is 0 Å². The summed E-state index contributed by atoms with van der Waals surface area (Å²) < 4.78 is 13.4. The summed E-state index contributed by atoms with van der Waals surface area (Å²) in [7, 11) is 3.24. The van der Waals surface area contributed by atoms with E-state index in [2.05, 4.69) is 14.5 Å². The zero-order valence-electron chi connectivity index (χ0n) is 25.9. The van der Waals surface area contributed by atoms with Crippen LogP contribution in [0.1, 0.15) is 32.1 Å². The van der Waals surface area contributed by atoms with E-state index in [9.17, 15) is 9.59 Å². The number of fused-ring (bicyclic) bond motifs is 2. The van der Waals surface area contributed by atoms with Crippen LogP contribution in [-0.2, 0) is 13.1 Å². The van der Waals surface area contributed by atoms with Gasteiger partial charge in [0.05, 0.1) is 27.3 Å². The number of amides is 2. The second-order valence-electron chi connectivity index (χ2n) is 11.4. The number of para-hydroxylation sites is 2. The maximum absolute atomic E-state index is 14.3. The van der Waals surface area contributed by atoms with Crippen molar-refractivity contribution in [1.82, 2.24) is 14.5 Å². The van der Waals surface area contributed by atoms with E-state index in [-0.39, 0.29) is 11.8 Å².